The van der Waals surface area contributed by atoms with Crippen LogP contribution >= 0.6 is 21.6 Å². The van der Waals surface area contributed by atoms with E-state index in [1.165, 1.54) is 13.8 Å². The van der Waals surface area contributed by atoms with E-state index in [2.05, 4.69) is 36.7 Å². The van der Waals surface area contributed by atoms with Crippen molar-refractivity contribution in [1.82, 2.24) is 14.5 Å². The second-order valence-corrected chi connectivity index (χ2v) is 13.4. The molecule has 2 amide bonds. The third kappa shape index (κ3) is 10.7. The van der Waals surface area contributed by atoms with Gasteiger partial charge in [0.1, 0.15) is 11.4 Å². The number of rotatable bonds is 14. The number of azo groups is 1. The number of carbonyl (C=O) groups excluding carboxylic acids is 2. The normalized spacial score (nSPS) is 14.8. The molecule has 248 valence electrons. The Hall–Kier alpha value is -4.70. The van der Waals surface area contributed by atoms with Gasteiger partial charge in [0, 0.05) is 61.4 Å². The van der Waals surface area contributed by atoms with Crippen molar-refractivity contribution in [2.24, 2.45) is 48.5 Å². The first kappa shape index (κ1) is 35.2. The number of hydrogen-bond donors (Lipinski definition) is 4. The minimum Gasteiger partial charge on any atom is -0.382 e. The third-order valence-electron chi connectivity index (χ3n) is 6.75. The van der Waals surface area contributed by atoms with Crippen molar-refractivity contribution < 1.29 is 18.7 Å². The highest BCUT2D eigenvalue weighted by Gasteiger charge is 2.16. The van der Waals surface area contributed by atoms with Crippen molar-refractivity contribution in [1.29, 1.82) is 0 Å². The number of carbonyl (C=O) groups is 2. The maximum atomic E-state index is 11.7. The van der Waals surface area contributed by atoms with Crippen molar-refractivity contribution in [3.63, 3.8) is 0 Å². The van der Waals surface area contributed by atoms with E-state index >= 15 is 0 Å². The zero-order valence-electron chi connectivity index (χ0n) is 27.5. The lowest BCUT2D eigenvalue weighted by molar-refractivity contribution is -0.657. The van der Waals surface area contributed by atoms with Crippen LogP contribution in [0, 0.1) is 0 Å². The number of hydrazone groups is 1. The topological polar surface area (TPSA) is 149 Å². The first-order chi connectivity index (χ1) is 22.6. The van der Waals surface area contributed by atoms with Gasteiger partial charge in [0.25, 0.3) is 0 Å². The molecule has 0 aliphatic heterocycles. The average molecular weight is 679 g/mol. The summed E-state index contributed by atoms with van der Waals surface area (Å²) in [6.07, 6.45) is 14.0. The van der Waals surface area contributed by atoms with Crippen LogP contribution in [0.1, 0.15) is 20.3 Å². The molecule has 1 aliphatic rings. The molecule has 0 radical (unpaired) electrons. The summed E-state index contributed by atoms with van der Waals surface area (Å²) in [4.78, 5) is 28.2. The van der Waals surface area contributed by atoms with E-state index < -0.39 is 0 Å². The molecule has 1 aliphatic carbocycles. The third-order valence-corrected chi connectivity index (χ3v) is 9.13. The van der Waals surface area contributed by atoms with Crippen molar-refractivity contribution in [3.8, 4) is 0 Å². The Kier molecular flexibility index (Phi) is 12.9. The molecule has 2 heterocycles. The lowest BCUT2D eigenvalue weighted by Gasteiger charge is -2.10. The standard InChI is InChI=1S/C31H40N12O2S2/c1-22(44)34-24-8-7-9-26(28(20-24)36-38-30-40(3)14-15-41(30)4)32-12-18-46-47-19-13-33-27-11-10-25(35-23(2)45)21-29(27)37-39-31-42(5)16-17-43(31)6/h7-8,10-11,14-17,20-21H,9,12-13,18-19H2,1-6H3,(H2,34,35,36,37,44,45)/p+2. The fourth-order valence-electron chi connectivity index (χ4n) is 4.49. The second kappa shape index (κ2) is 17.3. The molecule has 0 unspecified atom stereocenters. The van der Waals surface area contributed by atoms with E-state index in [1.807, 2.05) is 102 Å². The number of imidazole rings is 2. The number of amides is 2. The van der Waals surface area contributed by atoms with Crippen LogP contribution in [-0.4, -0.2) is 57.0 Å². The number of nitrogens with zero attached hydrogens (tertiary/aromatic N) is 8. The molecule has 0 fully saturated rings. The van der Waals surface area contributed by atoms with Gasteiger partial charge in [0.15, 0.2) is 0 Å². The maximum absolute atomic E-state index is 11.7. The van der Waals surface area contributed by atoms with Gasteiger partial charge >= 0.3 is 11.9 Å². The molecule has 47 heavy (non-hydrogen) atoms. The molecule has 2 aromatic heterocycles. The zero-order chi connectivity index (χ0) is 33.8. The summed E-state index contributed by atoms with van der Waals surface area (Å²) >= 11 is 0. The largest absolute Gasteiger partial charge is 0.421 e. The monoisotopic (exact) mass is 678 g/mol. The zero-order valence-corrected chi connectivity index (χ0v) is 29.2. The van der Waals surface area contributed by atoms with Crippen LogP contribution in [0.25, 0.3) is 0 Å². The molecule has 0 bridgehead atoms. The van der Waals surface area contributed by atoms with Gasteiger partial charge in [-0.2, -0.15) is 5.43 Å². The van der Waals surface area contributed by atoms with Crippen molar-refractivity contribution in [3.05, 3.63) is 66.9 Å². The van der Waals surface area contributed by atoms with Gasteiger partial charge in [0.05, 0.1) is 64.4 Å². The Morgan fingerprint density at radius 2 is 1.70 bits per heavy atom. The predicted molar refractivity (Wildman–Crippen MR) is 191 cm³/mol. The smallest absolute Gasteiger partial charge is 0.382 e. The fourth-order valence-corrected chi connectivity index (χ4v) is 6.26. The molecule has 4 N–H and O–H groups in total. The highest BCUT2D eigenvalue weighted by atomic mass is 33.1. The number of aromatic nitrogens is 4. The van der Waals surface area contributed by atoms with E-state index in [0.29, 0.717) is 48.2 Å². The van der Waals surface area contributed by atoms with Crippen LogP contribution in [-0.2, 0) is 37.8 Å². The second-order valence-electron chi connectivity index (χ2n) is 10.7. The van der Waals surface area contributed by atoms with Crippen molar-refractivity contribution >= 4 is 73.8 Å². The van der Waals surface area contributed by atoms with Gasteiger partial charge in [-0.05, 0) is 30.4 Å². The van der Waals surface area contributed by atoms with Crippen molar-refractivity contribution in [2.75, 3.05) is 40.7 Å². The molecule has 16 heteroatoms. The molecule has 0 saturated carbocycles. The summed E-state index contributed by atoms with van der Waals surface area (Å²) in [6.45, 7) is 4.30. The average Bonchev–Trinajstić information content (AvgIpc) is 3.44. The minimum atomic E-state index is -0.149. The van der Waals surface area contributed by atoms with Crippen LogP contribution in [0.15, 0.2) is 87.2 Å². The Balaban J connectivity index is 1.32. The molecular weight excluding hydrogens is 637 g/mol. The van der Waals surface area contributed by atoms with Gasteiger partial charge in [-0.3, -0.25) is 14.6 Å². The fraction of sp³-hybridized carbons (Fsp3) is 0.355. The number of benzene rings is 1. The molecule has 3 aromatic rings. The number of nitrogens with one attached hydrogen (secondary N) is 4. The molecule has 0 atom stereocenters. The highest BCUT2D eigenvalue weighted by molar-refractivity contribution is 8.76. The van der Waals surface area contributed by atoms with Crippen LogP contribution in [0.2, 0.25) is 0 Å². The SMILES string of the molecule is CC(=O)NC1=CC(=NNc2n(C)cc[n+]2C)C(=NCCSSCCNc2ccc(NC(C)=O)cc2N=Nc2n(C)cc[n+]2C)CC=C1. The highest BCUT2D eigenvalue weighted by Crippen LogP contribution is 2.30. The van der Waals surface area contributed by atoms with Gasteiger partial charge < -0.3 is 16.0 Å². The molecule has 4 rings (SSSR count). The van der Waals surface area contributed by atoms with Gasteiger partial charge in [-0.1, -0.05) is 32.8 Å². The van der Waals surface area contributed by atoms with E-state index in [1.54, 1.807) is 27.7 Å². The van der Waals surface area contributed by atoms with Crippen LogP contribution in [0.5, 0.6) is 0 Å². The Morgan fingerprint density at radius 1 is 0.957 bits per heavy atom. The first-order valence-corrected chi connectivity index (χ1v) is 17.5. The summed E-state index contributed by atoms with van der Waals surface area (Å²) < 4.78 is 7.64. The van der Waals surface area contributed by atoms with Gasteiger partial charge in [0.2, 0.25) is 11.8 Å². The first-order valence-electron chi connectivity index (χ1n) is 15.0. The summed E-state index contributed by atoms with van der Waals surface area (Å²) in [5.74, 6) is 2.90. The van der Waals surface area contributed by atoms with Crippen LogP contribution < -0.4 is 30.5 Å². The van der Waals surface area contributed by atoms with Gasteiger partial charge in [-0.15, -0.1) is 5.10 Å². The molecular formula is C31H42N12O2S2+2. The Morgan fingerprint density at radius 3 is 2.40 bits per heavy atom. The number of aryl methyl sites for hydroxylation is 4. The molecule has 0 saturated heterocycles. The van der Waals surface area contributed by atoms with Crippen LogP contribution in [0.3, 0.4) is 0 Å². The van der Waals surface area contributed by atoms with Crippen LogP contribution in [0.4, 0.5) is 29.0 Å². The molecule has 1 aromatic carbocycles. The lowest BCUT2D eigenvalue weighted by atomic mass is 10.2. The lowest BCUT2D eigenvalue weighted by Crippen LogP contribution is -2.30. The summed E-state index contributed by atoms with van der Waals surface area (Å²) in [5.41, 5.74) is 7.42. The van der Waals surface area contributed by atoms with E-state index in [9.17, 15) is 9.59 Å². The summed E-state index contributed by atoms with van der Waals surface area (Å²) in [6, 6.07) is 5.55. The van der Waals surface area contributed by atoms with Crippen molar-refractivity contribution in [2.45, 2.75) is 20.3 Å². The maximum Gasteiger partial charge on any atom is 0.421 e. The Labute approximate surface area is 282 Å². The number of allylic oxidation sites excluding steroid dienone is 3. The quantitative estimate of drug-likeness (QED) is 0.0664. The van der Waals surface area contributed by atoms with Gasteiger partial charge in [-0.25, -0.2) is 18.3 Å². The van der Waals surface area contributed by atoms with E-state index in [4.69, 9.17) is 4.99 Å². The Bertz CT molecular complexity index is 1700. The number of aliphatic imine (C=N–C) groups is 1. The number of hydrogen-bond acceptors (Lipinski definition) is 10. The summed E-state index contributed by atoms with van der Waals surface area (Å²) in [7, 11) is 11.2. The number of anilines is 3. The molecule has 14 nitrogen and oxygen atoms in total. The summed E-state index contributed by atoms with van der Waals surface area (Å²) in [5, 5.41) is 22.7. The predicted octanol–water partition coefficient (Wildman–Crippen LogP) is 4.07. The van der Waals surface area contributed by atoms with E-state index in [0.717, 1.165) is 28.9 Å². The molecule has 0 spiro atoms. The van der Waals surface area contributed by atoms with E-state index in [-0.39, 0.29) is 11.8 Å². The minimum absolute atomic E-state index is 0.144.